The number of imidazole rings is 1. The standard InChI is InChI=1S/C14H17N3OS/c1-10-8-15-14(16-10)12-3-2-5-17(12)13(18)7-11-4-6-19-9-11/h4,6,8-9,12H,2-3,5,7H2,1H3,(H,15,16). The molecule has 19 heavy (non-hydrogen) atoms. The minimum absolute atomic E-state index is 0.125. The summed E-state index contributed by atoms with van der Waals surface area (Å²) in [6, 6.07) is 2.14. The first-order valence-electron chi connectivity index (χ1n) is 6.56. The van der Waals surface area contributed by atoms with Gasteiger partial charge >= 0.3 is 0 Å². The van der Waals surface area contributed by atoms with E-state index in [0.717, 1.165) is 36.5 Å². The highest BCUT2D eigenvalue weighted by molar-refractivity contribution is 7.07. The van der Waals surface area contributed by atoms with Gasteiger partial charge in [0.15, 0.2) is 0 Å². The summed E-state index contributed by atoms with van der Waals surface area (Å²) in [6.45, 7) is 2.83. The molecule has 0 bridgehead atoms. The molecule has 3 heterocycles. The van der Waals surface area contributed by atoms with Crippen molar-refractivity contribution in [3.8, 4) is 0 Å². The highest BCUT2D eigenvalue weighted by atomic mass is 32.1. The van der Waals surface area contributed by atoms with Crippen molar-refractivity contribution in [2.45, 2.75) is 32.2 Å². The molecule has 2 aromatic rings. The van der Waals surface area contributed by atoms with Crippen molar-refractivity contribution in [1.29, 1.82) is 0 Å². The average molecular weight is 275 g/mol. The summed E-state index contributed by atoms with van der Waals surface area (Å²) >= 11 is 1.64. The molecule has 1 unspecified atom stereocenters. The molecular formula is C14H17N3OS. The third-order valence-corrected chi connectivity index (χ3v) is 4.28. The Bertz CT molecular complexity index is 561. The van der Waals surface area contributed by atoms with Crippen LogP contribution in [0.2, 0.25) is 0 Å². The van der Waals surface area contributed by atoms with Gasteiger partial charge in [0.1, 0.15) is 5.82 Å². The molecule has 1 saturated heterocycles. The number of aryl methyl sites for hydroxylation is 1. The van der Waals surface area contributed by atoms with E-state index >= 15 is 0 Å². The van der Waals surface area contributed by atoms with E-state index in [0.29, 0.717) is 6.42 Å². The number of carbonyl (C=O) groups excluding carboxylic acids is 1. The third-order valence-electron chi connectivity index (χ3n) is 3.55. The fraction of sp³-hybridized carbons (Fsp3) is 0.429. The smallest absolute Gasteiger partial charge is 0.227 e. The number of nitrogens with one attached hydrogen (secondary N) is 1. The molecule has 4 nitrogen and oxygen atoms in total. The lowest BCUT2D eigenvalue weighted by Gasteiger charge is -2.23. The predicted octanol–water partition coefficient (Wildman–Crippen LogP) is 2.69. The number of hydrogen-bond acceptors (Lipinski definition) is 3. The number of likely N-dealkylation sites (tertiary alicyclic amines) is 1. The van der Waals surface area contributed by atoms with Gasteiger partial charge in [-0.3, -0.25) is 4.79 Å². The first-order valence-corrected chi connectivity index (χ1v) is 7.50. The number of thiophene rings is 1. The normalized spacial score (nSPS) is 19.0. The van der Waals surface area contributed by atoms with Crippen LogP contribution < -0.4 is 0 Å². The summed E-state index contributed by atoms with van der Waals surface area (Å²) in [5.41, 5.74) is 2.16. The summed E-state index contributed by atoms with van der Waals surface area (Å²) in [5, 5.41) is 4.06. The van der Waals surface area contributed by atoms with Crippen LogP contribution >= 0.6 is 11.3 Å². The summed E-state index contributed by atoms with van der Waals surface area (Å²) in [5.74, 6) is 1.13. The lowest BCUT2D eigenvalue weighted by atomic mass is 10.2. The Morgan fingerprint density at radius 1 is 1.63 bits per heavy atom. The second-order valence-electron chi connectivity index (χ2n) is 5.00. The maximum atomic E-state index is 12.4. The Morgan fingerprint density at radius 3 is 3.21 bits per heavy atom. The van der Waals surface area contributed by atoms with Gasteiger partial charge in [-0.2, -0.15) is 11.3 Å². The number of nitrogens with zero attached hydrogens (tertiary/aromatic N) is 2. The fourth-order valence-electron chi connectivity index (χ4n) is 2.62. The third kappa shape index (κ3) is 2.56. The summed E-state index contributed by atoms with van der Waals surface area (Å²) in [7, 11) is 0. The molecule has 1 aliphatic heterocycles. The maximum Gasteiger partial charge on any atom is 0.227 e. The minimum Gasteiger partial charge on any atom is -0.344 e. The highest BCUT2D eigenvalue weighted by Gasteiger charge is 2.31. The molecule has 0 aliphatic carbocycles. The lowest BCUT2D eigenvalue weighted by Crippen LogP contribution is -2.32. The molecule has 1 N–H and O–H groups in total. The molecular weight excluding hydrogens is 258 g/mol. The molecule has 3 rings (SSSR count). The lowest BCUT2D eigenvalue weighted by molar-refractivity contribution is -0.131. The van der Waals surface area contributed by atoms with Crippen molar-refractivity contribution >= 4 is 17.2 Å². The van der Waals surface area contributed by atoms with Crippen molar-refractivity contribution in [3.05, 3.63) is 40.1 Å². The van der Waals surface area contributed by atoms with Crippen LogP contribution in [0, 0.1) is 6.92 Å². The molecule has 2 aromatic heterocycles. The van der Waals surface area contributed by atoms with Gasteiger partial charge in [0, 0.05) is 18.4 Å². The molecule has 0 radical (unpaired) electrons. The summed E-state index contributed by atoms with van der Waals surface area (Å²) in [4.78, 5) is 22.0. The molecule has 1 fully saturated rings. The van der Waals surface area contributed by atoms with Crippen LogP contribution in [0.1, 0.15) is 36.0 Å². The van der Waals surface area contributed by atoms with E-state index in [4.69, 9.17) is 0 Å². The quantitative estimate of drug-likeness (QED) is 0.936. The van der Waals surface area contributed by atoms with Crippen LogP contribution in [-0.4, -0.2) is 27.3 Å². The zero-order chi connectivity index (χ0) is 13.2. The Kier molecular flexibility index (Phi) is 3.38. The number of hydrogen-bond donors (Lipinski definition) is 1. The van der Waals surface area contributed by atoms with Gasteiger partial charge in [0.2, 0.25) is 5.91 Å². The van der Waals surface area contributed by atoms with Crippen LogP contribution in [0.15, 0.2) is 23.0 Å². The second-order valence-corrected chi connectivity index (χ2v) is 5.79. The minimum atomic E-state index is 0.125. The monoisotopic (exact) mass is 275 g/mol. The zero-order valence-corrected chi connectivity index (χ0v) is 11.7. The van der Waals surface area contributed by atoms with Gasteiger partial charge in [-0.1, -0.05) is 0 Å². The number of carbonyl (C=O) groups is 1. The van der Waals surface area contributed by atoms with Crippen molar-refractivity contribution < 1.29 is 4.79 Å². The van der Waals surface area contributed by atoms with Gasteiger partial charge in [0.05, 0.1) is 12.5 Å². The molecule has 1 atom stereocenters. The number of aromatic amines is 1. The number of rotatable bonds is 3. The first-order chi connectivity index (χ1) is 9.24. The Labute approximate surface area is 116 Å². The maximum absolute atomic E-state index is 12.4. The van der Waals surface area contributed by atoms with Crippen LogP contribution in [0.3, 0.4) is 0 Å². The van der Waals surface area contributed by atoms with Crippen molar-refractivity contribution in [2.75, 3.05) is 6.54 Å². The van der Waals surface area contributed by atoms with Gasteiger partial charge in [-0.15, -0.1) is 0 Å². The van der Waals surface area contributed by atoms with E-state index in [2.05, 4.69) is 9.97 Å². The second kappa shape index (κ2) is 5.17. The summed E-state index contributed by atoms with van der Waals surface area (Å²) < 4.78 is 0. The highest BCUT2D eigenvalue weighted by Crippen LogP contribution is 2.30. The predicted molar refractivity (Wildman–Crippen MR) is 75.0 cm³/mol. The Balaban J connectivity index is 1.74. The van der Waals surface area contributed by atoms with Gasteiger partial charge in [-0.05, 0) is 42.2 Å². The molecule has 0 aromatic carbocycles. The number of H-pyrrole nitrogens is 1. The largest absolute Gasteiger partial charge is 0.344 e. The van der Waals surface area contributed by atoms with E-state index in [1.807, 2.05) is 34.8 Å². The first kappa shape index (κ1) is 12.4. The fourth-order valence-corrected chi connectivity index (χ4v) is 3.29. The van der Waals surface area contributed by atoms with E-state index in [1.165, 1.54) is 0 Å². The Hall–Kier alpha value is -1.62. The van der Waals surface area contributed by atoms with Crippen molar-refractivity contribution in [2.24, 2.45) is 0 Å². The van der Waals surface area contributed by atoms with E-state index in [-0.39, 0.29) is 11.9 Å². The van der Waals surface area contributed by atoms with Crippen LogP contribution in [-0.2, 0) is 11.2 Å². The van der Waals surface area contributed by atoms with Crippen LogP contribution in [0.5, 0.6) is 0 Å². The molecule has 5 heteroatoms. The SMILES string of the molecule is Cc1cnc(C2CCCN2C(=O)Cc2ccsc2)[nH]1. The Morgan fingerprint density at radius 2 is 2.53 bits per heavy atom. The topological polar surface area (TPSA) is 49.0 Å². The van der Waals surface area contributed by atoms with E-state index in [1.54, 1.807) is 11.3 Å². The van der Waals surface area contributed by atoms with Gasteiger partial charge < -0.3 is 9.88 Å². The van der Waals surface area contributed by atoms with Gasteiger partial charge in [-0.25, -0.2) is 4.98 Å². The molecule has 100 valence electrons. The molecule has 0 spiro atoms. The molecule has 0 saturated carbocycles. The molecule has 1 amide bonds. The van der Waals surface area contributed by atoms with Crippen molar-refractivity contribution in [1.82, 2.24) is 14.9 Å². The molecule has 1 aliphatic rings. The van der Waals surface area contributed by atoms with E-state index < -0.39 is 0 Å². The summed E-state index contributed by atoms with van der Waals surface area (Å²) in [6.07, 6.45) is 4.39. The van der Waals surface area contributed by atoms with Gasteiger partial charge in [0.25, 0.3) is 0 Å². The van der Waals surface area contributed by atoms with Crippen LogP contribution in [0.4, 0.5) is 0 Å². The number of amides is 1. The average Bonchev–Trinajstić information content (AvgIpc) is 3.07. The van der Waals surface area contributed by atoms with Crippen LogP contribution in [0.25, 0.3) is 0 Å². The number of aromatic nitrogens is 2. The van der Waals surface area contributed by atoms with Crippen molar-refractivity contribution in [3.63, 3.8) is 0 Å². The zero-order valence-electron chi connectivity index (χ0n) is 10.9. The van der Waals surface area contributed by atoms with E-state index in [9.17, 15) is 4.79 Å².